The molecule has 2 N–H and O–H groups in total. The Balaban J connectivity index is 1.83. The van der Waals surface area contributed by atoms with Crippen molar-refractivity contribution in [3.05, 3.63) is 56.8 Å². The first-order valence-electron chi connectivity index (χ1n) is 7.99. The van der Waals surface area contributed by atoms with Gasteiger partial charge in [-0.2, -0.15) is 0 Å². The molecule has 0 amide bonds. The minimum absolute atomic E-state index is 0.0272. The lowest BCUT2D eigenvalue weighted by molar-refractivity contribution is 0.506. The maximum absolute atomic E-state index is 6.48. The van der Waals surface area contributed by atoms with Crippen LogP contribution in [0.5, 0.6) is 0 Å². The number of fused-ring (bicyclic) bond motifs is 1. The van der Waals surface area contributed by atoms with E-state index >= 15 is 0 Å². The van der Waals surface area contributed by atoms with Crippen LogP contribution in [0.25, 0.3) is 0 Å². The van der Waals surface area contributed by atoms with Gasteiger partial charge in [0, 0.05) is 9.75 Å². The van der Waals surface area contributed by atoms with E-state index in [9.17, 15) is 0 Å². The van der Waals surface area contributed by atoms with Crippen molar-refractivity contribution in [3.8, 4) is 0 Å². The van der Waals surface area contributed by atoms with Gasteiger partial charge in [-0.25, -0.2) is 0 Å². The van der Waals surface area contributed by atoms with Crippen LogP contribution in [0.2, 0.25) is 0 Å². The number of hydrogen-bond acceptors (Lipinski definition) is 2. The van der Waals surface area contributed by atoms with Crippen LogP contribution < -0.4 is 5.73 Å². The first kappa shape index (κ1) is 14.8. The molecule has 2 heteroatoms. The van der Waals surface area contributed by atoms with Gasteiger partial charge in [0.05, 0.1) is 6.04 Å². The molecule has 1 unspecified atom stereocenters. The summed E-state index contributed by atoms with van der Waals surface area (Å²) in [6.45, 7) is 6.84. The van der Waals surface area contributed by atoms with E-state index in [4.69, 9.17) is 5.73 Å². The van der Waals surface area contributed by atoms with Crippen molar-refractivity contribution in [2.75, 3.05) is 0 Å². The average Bonchev–Trinajstić information content (AvgIpc) is 3.08. The lowest BCUT2D eigenvalue weighted by Gasteiger charge is -2.24. The maximum Gasteiger partial charge on any atom is 0.0646 e. The molecule has 0 fully saturated rings. The van der Waals surface area contributed by atoms with Crippen molar-refractivity contribution in [2.45, 2.75) is 57.9 Å². The minimum atomic E-state index is 0.0272. The van der Waals surface area contributed by atoms with Gasteiger partial charge in [-0.3, -0.25) is 0 Å². The predicted molar refractivity (Wildman–Crippen MR) is 92.1 cm³/mol. The summed E-state index contributed by atoms with van der Waals surface area (Å²) in [5.41, 5.74) is 10.9. The summed E-state index contributed by atoms with van der Waals surface area (Å²) in [5, 5.41) is 0. The molecule has 0 saturated heterocycles. The Labute approximate surface area is 132 Å². The molecular weight excluding hydrogens is 274 g/mol. The van der Waals surface area contributed by atoms with Crippen molar-refractivity contribution in [1.82, 2.24) is 0 Å². The standard InChI is InChI=1S/C19H25NS/c1-4-19(2,3)15-10-8-13(9-11-15)18(20)17-12-14-6-5-7-16(14)21-17/h8-12,18H,4-7,20H2,1-3H3. The van der Waals surface area contributed by atoms with Gasteiger partial charge >= 0.3 is 0 Å². The fraction of sp³-hybridized carbons (Fsp3) is 0.474. The van der Waals surface area contributed by atoms with Gasteiger partial charge < -0.3 is 5.73 Å². The second-order valence-electron chi connectivity index (χ2n) is 6.79. The van der Waals surface area contributed by atoms with Crippen LogP contribution in [0.3, 0.4) is 0 Å². The number of hydrogen-bond donors (Lipinski definition) is 1. The average molecular weight is 299 g/mol. The zero-order valence-electron chi connectivity index (χ0n) is 13.3. The highest BCUT2D eigenvalue weighted by Gasteiger charge is 2.21. The quantitative estimate of drug-likeness (QED) is 0.847. The molecule has 0 bridgehead atoms. The van der Waals surface area contributed by atoms with Crippen LogP contribution in [0, 0.1) is 0 Å². The molecule has 1 atom stereocenters. The van der Waals surface area contributed by atoms with Gasteiger partial charge in [0.2, 0.25) is 0 Å². The highest BCUT2D eigenvalue weighted by Crippen LogP contribution is 2.35. The van der Waals surface area contributed by atoms with E-state index in [1.807, 2.05) is 11.3 Å². The van der Waals surface area contributed by atoms with Crippen molar-refractivity contribution in [1.29, 1.82) is 0 Å². The number of aryl methyl sites for hydroxylation is 2. The van der Waals surface area contributed by atoms with Gasteiger partial charge in [-0.1, -0.05) is 45.0 Å². The number of rotatable bonds is 4. The molecule has 3 rings (SSSR count). The third-order valence-electron chi connectivity index (χ3n) is 5.01. The molecule has 1 heterocycles. The SMILES string of the molecule is CCC(C)(C)c1ccc(C(N)c2cc3c(s2)CCC3)cc1. The van der Waals surface area contributed by atoms with Crippen LogP contribution in [-0.2, 0) is 18.3 Å². The third kappa shape index (κ3) is 2.79. The molecule has 1 nitrogen and oxygen atoms in total. The lowest BCUT2D eigenvalue weighted by atomic mass is 9.82. The molecular formula is C19H25NS. The second-order valence-corrected chi connectivity index (χ2v) is 7.96. The molecule has 1 aromatic heterocycles. The van der Waals surface area contributed by atoms with Crippen LogP contribution in [0.15, 0.2) is 30.3 Å². The van der Waals surface area contributed by atoms with Gasteiger partial charge in [0.15, 0.2) is 0 Å². The molecule has 1 aliphatic carbocycles. The first-order valence-corrected chi connectivity index (χ1v) is 8.80. The van der Waals surface area contributed by atoms with Crippen LogP contribution in [-0.4, -0.2) is 0 Å². The van der Waals surface area contributed by atoms with Crippen molar-refractivity contribution < 1.29 is 0 Å². The molecule has 112 valence electrons. The molecule has 0 aliphatic heterocycles. The number of thiophene rings is 1. The van der Waals surface area contributed by atoms with Gasteiger partial charge in [0.1, 0.15) is 0 Å². The fourth-order valence-corrected chi connectivity index (χ4v) is 4.30. The van der Waals surface area contributed by atoms with Crippen LogP contribution in [0.4, 0.5) is 0 Å². The molecule has 2 aromatic rings. The van der Waals surface area contributed by atoms with Crippen LogP contribution in [0.1, 0.15) is 66.1 Å². The zero-order valence-corrected chi connectivity index (χ0v) is 14.1. The van der Waals surface area contributed by atoms with E-state index in [2.05, 4.69) is 51.1 Å². The largest absolute Gasteiger partial charge is 0.320 e. The Morgan fingerprint density at radius 2 is 1.90 bits per heavy atom. The van der Waals surface area contributed by atoms with E-state index in [0.29, 0.717) is 0 Å². The first-order chi connectivity index (χ1) is 10.0. The van der Waals surface area contributed by atoms with E-state index < -0.39 is 0 Å². The van der Waals surface area contributed by atoms with E-state index in [1.165, 1.54) is 40.8 Å². The summed E-state index contributed by atoms with van der Waals surface area (Å²) in [4.78, 5) is 2.88. The minimum Gasteiger partial charge on any atom is -0.320 e. The predicted octanol–water partition coefficient (Wildman–Crippen LogP) is 4.97. The van der Waals surface area contributed by atoms with Crippen molar-refractivity contribution >= 4 is 11.3 Å². The molecule has 21 heavy (non-hydrogen) atoms. The highest BCUT2D eigenvalue weighted by atomic mass is 32.1. The summed E-state index contributed by atoms with van der Waals surface area (Å²) in [5.74, 6) is 0. The van der Waals surface area contributed by atoms with E-state index in [0.717, 1.165) is 6.42 Å². The van der Waals surface area contributed by atoms with Crippen molar-refractivity contribution in [3.63, 3.8) is 0 Å². The highest BCUT2D eigenvalue weighted by molar-refractivity contribution is 7.12. The van der Waals surface area contributed by atoms with Gasteiger partial charge in [0.25, 0.3) is 0 Å². The maximum atomic E-state index is 6.48. The Bertz CT molecular complexity index is 600. The normalized spacial score (nSPS) is 16.0. The van der Waals surface area contributed by atoms with E-state index in [1.54, 1.807) is 4.88 Å². The molecule has 0 radical (unpaired) electrons. The molecule has 1 aliphatic rings. The second kappa shape index (κ2) is 5.58. The van der Waals surface area contributed by atoms with Gasteiger partial charge in [-0.05, 0) is 53.9 Å². The summed E-state index contributed by atoms with van der Waals surface area (Å²) in [7, 11) is 0. The third-order valence-corrected chi connectivity index (χ3v) is 6.33. The Morgan fingerprint density at radius 1 is 1.19 bits per heavy atom. The smallest absolute Gasteiger partial charge is 0.0646 e. The molecule has 0 spiro atoms. The summed E-state index contributed by atoms with van der Waals surface area (Å²) < 4.78 is 0. The Morgan fingerprint density at radius 3 is 2.52 bits per heavy atom. The summed E-state index contributed by atoms with van der Waals surface area (Å²) in [6.07, 6.45) is 4.95. The monoisotopic (exact) mass is 299 g/mol. The van der Waals surface area contributed by atoms with Crippen molar-refractivity contribution in [2.24, 2.45) is 5.73 Å². The summed E-state index contributed by atoms with van der Waals surface area (Å²) in [6, 6.07) is 11.3. The Kier molecular flexibility index (Phi) is 3.94. The topological polar surface area (TPSA) is 26.0 Å². The summed E-state index contributed by atoms with van der Waals surface area (Å²) >= 11 is 1.91. The molecule has 0 saturated carbocycles. The van der Waals surface area contributed by atoms with Crippen LogP contribution >= 0.6 is 11.3 Å². The van der Waals surface area contributed by atoms with E-state index in [-0.39, 0.29) is 11.5 Å². The van der Waals surface area contributed by atoms with Gasteiger partial charge in [-0.15, -0.1) is 11.3 Å². The number of nitrogens with two attached hydrogens (primary N) is 1. The Hall–Kier alpha value is -1.12. The molecule has 1 aromatic carbocycles. The lowest BCUT2D eigenvalue weighted by Crippen LogP contribution is -2.16. The zero-order chi connectivity index (χ0) is 15.0. The number of benzene rings is 1. The fourth-order valence-electron chi connectivity index (χ4n) is 3.02.